The van der Waals surface area contributed by atoms with Gasteiger partial charge in [0.05, 0.1) is 26.4 Å². The molecule has 0 fully saturated rings. The summed E-state index contributed by atoms with van der Waals surface area (Å²) in [6, 6.07) is 0. The standard InChI is InChI=1S/C81H158O17P2/c1-8-9-10-11-12-13-14-15-16-17-18-19-20-21-22-23-24-31-36-41-50-57-64-80(85)97-76(68-91-78(83)62-55-48-40-35-30-26-25-28-33-38-45-52-59-72(2)3)70-95-99(87,88)93-66-75(82)67-94-100(89,90)96-71-77(69-92-79(84)63-56-49-44-43-47-54-61-74(6)7)98-81(86)65-58-51-42-37-32-27-29-34-39-46-53-60-73(4)5/h72-77,82H,8-71H2,1-7H3,(H,87,88)(H,89,90)/t75-,76-,77-/m1/s1. The molecule has 0 heterocycles. The van der Waals surface area contributed by atoms with Gasteiger partial charge in [0, 0.05) is 25.7 Å². The molecule has 2 unspecified atom stereocenters. The maximum absolute atomic E-state index is 13.1. The highest BCUT2D eigenvalue weighted by Gasteiger charge is 2.30. The Kier molecular flexibility index (Phi) is 69.9. The molecule has 0 aliphatic carbocycles. The highest BCUT2D eigenvalue weighted by atomic mass is 31.2. The lowest BCUT2D eigenvalue weighted by molar-refractivity contribution is -0.161. The molecule has 0 aliphatic rings. The van der Waals surface area contributed by atoms with Crippen molar-refractivity contribution in [3.05, 3.63) is 0 Å². The zero-order valence-corrected chi connectivity index (χ0v) is 67.5. The Balaban J connectivity index is 5.20. The second-order valence-electron chi connectivity index (χ2n) is 30.6. The van der Waals surface area contributed by atoms with Gasteiger partial charge in [-0.1, -0.05) is 370 Å². The summed E-state index contributed by atoms with van der Waals surface area (Å²) >= 11 is 0. The van der Waals surface area contributed by atoms with Gasteiger partial charge in [-0.05, 0) is 43.4 Å². The maximum atomic E-state index is 13.1. The molecule has 17 nitrogen and oxygen atoms in total. The lowest BCUT2D eigenvalue weighted by Gasteiger charge is -2.21. The molecule has 0 aromatic heterocycles. The van der Waals surface area contributed by atoms with Crippen molar-refractivity contribution in [1.29, 1.82) is 0 Å². The van der Waals surface area contributed by atoms with Crippen molar-refractivity contribution < 1.29 is 80.2 Å². The van der Waals surface area contributed by atoms with Gasteiger partial charge in [-0.25, -0.2) is 9.13 Å². The molecule has 0 aromatic carbocycles. The van der Waals surface area contributed by atoms with Crippen molar-refractivity contribution >= 4 is 39.5 Å². The molecular weight excluding hydrogens is 1310 g/mol. The van der Waals surface area contributed by atoms with Gasteiger partial charge in [0.1, 0.15) is 19.3 Å². The number of esters is 4. The molecule has 0 radical (unpaired) electrons. The van der Waals surface area contributed by atoms with Crippen molar-refractivity contribution in [2.75, 3.05) is 39.6 Å². The molecule has 0 saturated heterocycles. The fraction of sp³-hybridized carbons (Fsp3) is 0.951. The first-order valence-corrected chi connectivity index (χ1v) is 44.8. The number of carbonyl (C=O) groups is 4. The van der Waals surface area contributed by atoms with Gasteiger partial charge in [-0.15, -0.1) is 0 Å². The van der Waals surface area contributed by atoms with Gasteiger partial charge in [0.25, 0.3) is 0 Å². The van der Waals surface area contributed by atoms with Gasteiger partial charge in [0.2, 0.25) is 0 Å². The highest BCUT2D eigenvalue weighted by molar-refractivity contribution is 7.47. The molecule has 0 bridgehead atoms. The number of hydrogen-bond donors (Lipinski definition) is 3. The van der Waals surface area contributed by atoms with Crippen molar-refractivity contribution in [2.24, 2.45) is 17.8 Å². The minimum absolute atomic E-state index is 0.105. The van der Waals surface area contributed by atoms with E-state index in [-0.39, 0.29) is 25.7 Å². The monoisotopic (exact) mass is 1470 g/mol. The smallest absolute Gasteiger partial charge is 0.462 e. The number of hydrogen-bond acceptors (Lipinski definition) is 15. The van der Waals surface area contributed by atoms with Crippen molar-refractivity contribution in [1.82, 2.24) is 0 Å². The van der Waals surface area contributed by atoms with E-state index in [1.54, 1.807) is 0 Å². The Morgan fingerprint density at radius 1 is 0.270 bits per heavy atom. The van der Waals surface area contributed by atoms with Crippen LogP contribution in [0.2, 0.25) is 0 Å². The lowest BCUT2D eigenvalue weighted by Crippen LogP contribution is -2.30. The van der Waals surface area contributed by atoms with Crippen molar-refractivity contribution in [3.8, 4) is 0 Å². The highest BCUT2D eigenvalue weighted by Crippen LogP contribution is 2.45. The van der Waals surface area contributed by atoms with E-state index in [1.807, 2.05) is 0 Å². The Morgan fingerprint density at radius 2 is 0.460 bits per heavy atom. The van der Waals surface area contributed by atoms with Crippen LogP contribution in [0, 0.1) is 17.8 Å². The summed E-state index contributed by atoms with van der Waals surface area (Å²) < 4.78 is 68.7. The average Bonchev–Trinajstić information content (AvgIpc) is 0.940. The first-order valence-electron chi connectivity index (χ1n) is 41.8. The van der Waals surface area contributed by atoms with E-state index in [4.69, 9.17) is 37.0 Å². The van der Waals surface area contributed by atoms with Crippen molar-refractivity contribution in [3.63, 3.8) is 0 Å². The summed E-state index contributed by atoms with van der Waals surface area (Å²) in [5.41, 5.74) is 0. The van der Waals surface area contributed by atoms with E-state index in [1.165, 1.54) is 225 Å². The third-order valence-corrected chi connectivity index (χ3v) is 20.8. The number of aliphatic hydroxyl groups is 1. The number of aliphatic hydroxyl groups excluding tert-OH is 1. The van der Waals surface area contributed by atoms with E-state index in [2.05, 4.69) is 48.5 Å². The number of ether oxygens (including phenoxy) is 4. The largest absolute Gasteiger partial charge is 0.472 e. The number of phosphoric acid groups is 2. The Hall–Kier alpha value is -1.94. The van der Waals surface area contributed by atoms with Gasteiger partial charge < -0.3 is 33.8 Å². The molecule has 19 heteroatoms. The average molecular weight is 1470 g/mol. The molecular formula is C81H158O17P2. The first-order chi connectivity index (χ1) is 48.2. The van der Waals surface area contributed by atoms with Crippen LogP contribution in [0.4, 0.5) is 0 Å². The lowest BCUT2D eigenvalue weighted by atomic mass is 10.0. The minimum Gasteiger partial charge on any atom is -0.462 e. The Bertz CT molecular complexity index is 1940. The summed E-state index contributed by atoms with van der Waals surface area (Å²) in [6.07, 6.45) is 60.0. The Morgan fingerprint density at radius 3 is 0.680 bits per heavy atom. The Labute approximate surface area is 613 Å². The van der Waals surface area contributed by atoms with Crippen LogP contribution in [0.5, 0.6) is 0 Å². The fourth-order valence-corrected chi connectivity index (χ4v) is 14.1. The summed E-state index contributed by atoms with van der Waals surface area (Å²) in [6.45, 7) is 11.9. The van der Waals surface area contributed by atoms with Crippen LogP contribution in [0.1, 0.15) is 421 Å². The predicted octanol–water partition coefficient (Wildman–Crippen LogP) is 24.1. The summed E-state index contributed by atoms with van der Waals surface area (Å²) in [4.78, 5) is 73.0. The fourth-order valence-electron chi connectivity index (χ4n) is 12.5. The van der Waals surface area contributed by atoms with Gasteiger partial charge in [-0.2, -0.15) is 0 Å². The quantitative estimate of drug-likeness (QED) is 0.0222. The topological polar surface area (TPSA) is 237 Å². The van der Waals surface area contributed by atoms with Crippen LogP contribution in [-0.2, 0) is 65.4 Å². The third-order valence-electron chi connectivity index (χ3n) is 18.9. The molecule has 0 aliphatic heterocycles. The molecule has 3 N–H and O–H groups in total. The normalized spacial score (nSPS) is 14.0. The maximum Gasteiger partial charge on any atom is 0.472 e. The van der Waals surface area contributed by atoms with E-state index in [0.29, 0.717) is 31.6 Å². The van der Waals surface area contributed by atoms with Crippen LogP contribution in [0.25, 0.3) is 0 Å². The second kappa shape index (κ2) is 71.3. The van der Waals surface area contributed by atoms with Gasteiger partial charge in [-0.3, -0.25) is 37.3 Å². The van der Waals surface area contributed by atoms with E-state index in [0.717, 1.165) is 108 Å². The molecule has 0 amide bonds. The summed E-state index contributed by atoms with van der Waals surface area (Å²) in [7, 11) is -9.92. The zero-order valence-electron chi connectivity index (χ0n) is 65.7. The minimum atomic E-state index is -4.96. The van der Waals surface area contributed by atoms with Gasteiger partial charge in [0.15, 0.2) is 12.2 Å². The van der Waals surface area contributed by atoms with Crippen LogP contribution in [0.3, 0.4) is 0 Å². The number of rotatable bonds is 79. The van der Waals surface area contributed by atoms with Crippen LogP contribution >= 0.6 is 15.6 Å². The zero-order chi connectivity index (χ0) is 73.7. The first kappa shape index (κ1) is 98.1. The van der Waals surface area contributed by atoms with Crippen LogP contribution < -0.4 is 0 Å². The predicted molar refractivity (Wildman–Crippen MR) is 409 cm³/mol. The third kappa shape index (κ3) is 74.3. The molecule has 5 atom stereocenters. The number of phosphoric ester groups is 2. The van der Waals surface area contributed by atoms with Crippen LogP contribution in [0.15, 0.2) is 0 Å². The summed E-state index contributed by atoms with van der Waals surface area (Å²) in [5.74, 6) is 0.111. The molecule has 0 spiro atoms. The SMILES string of the molecule is CCCCCCCCCCCCCCCCCCCCCCCCC(=O)O[C@H](COC(=O)CCCCCCCCCCCCCCC(C)C)COP(=O)(O)OC[C@@H](O)COP(=O)(O)OC[C@@H](COC(=O)CCCCCCCCC(C)C)OC(=O)CCCCCCCCCCCCCC(C)C. The van der Waals surface area contributed by atoms with E-state index < -0.39 is 97.5 Å². The van der Waals surface area contributed by atoms with E-state index >= 15 is 0 Å². The second-order valence-corrected chi connectivity index (χ2v) is 33.5. The number of carbonyl (C=O) groups excluding carboxylic acids is 4. The molecule has 0 aromatic rings. The van der Waals surface area contributed by atoms with E-state index in [9.17, 15) is 43.2 Å². The molecule has 0 saturated carbocycles. The van der Waals surface area contributed by atoms with Crippen molar-refractivity contribution in [2.45, 2.75) is 439 Å². The van der Waals surface area contributed by atoms with Gasteiger partial charge >= 0.3 is 39.5 Å². The molecule has 594 valence electrons. The number of unbranched alkanes of at least 4 members (excludes halogenated alkanes) is 47. The molecule has 0 rings (SSSR count). The molecule has 100 heavy (non-hydrogen) atoms. The summed E-state index contributed by atoms with van der Waals surface area (Å²) in [5, 5.41) is 10.6. The van der Waals surface area contributed by atoms with Crippen LogP contribution in [-0.4, -0.2) is 96.7 Å².